The lowest BCUT2D eigenvalue weighted by Gasteiger charge is -2.26. The summed E-state index contributed by atoms with van der Waals surface area (Å²) in [5.74, 6) is 0.921. The van der Waals surface area contributed by atoms with Crippen LogP contribution in [0.25, 0.3) is 0 Å². The number of hydrogen-bond acceptors (Lipinski definition) is 5. The predicted octanol–water partition coefficient (Wildman–Crippen LogP) is 0.394. The molecule has 1 N–H and O–H groups in total. The van der Waals surface area contributed by atoms with Crippen LogP contribution in [0.1, 0.15) is 12.8 Å². The fourth-order valence-electron chi connectivity index (χ4n) is 3.78. The molecule has 0 aromatic heterocycles. The molecule has 4 rings (SSSR count). The van der Waals surface area contributed by atoms with Crippen LogP contribution in [0.2, 0.25) is 0 Å². The molecule has 0 aliphatic carbocycles. The highest BCUT2D eigenvalue weighted by atomic mass is 16.7. The molecule has 0 radical (unpaired) electrons. The Kier molecular flexibility index (Phi) is 4.51. The summed E-state index contributed by atoms with van der Waals surface area (Å²) < 4.78 is 10.7. The van der Waals surface area contributed by atoms with E-state index in [4.69, 9.17) is 9.47 Å². The third-order valence-electron chi connectivity index (χ3n) is 5.21. The van der Waals surface area contributed by atoms with Crippen molar-refractivity contribution in [2.45, 2.75) is 18.9 Å². The first-order valence-electron chi connectivity index (χ1n) is 9.05. The molecule has 0 spiro atoms. The second kappa shape index (κ2) is 6.98. The standard InChI is InChI=1S/C18H22N4O5/c1-19-17(24)13-3-2-6-22(13)16(23)10-20-7-8-21(18(20)25)12-4-5-14-15(9-12)27-11-26-14/h4-5,9,13H,2-3,6-8,10-11H2,1H3,(H,19,24). The van der Waals surface area contributed by atoms with Crippen molar-refractivity contribution in [1.82, 2.24) is 15.1 Å². The quantitative estimate of drug-likeness (QED) is 0.824. The molecule has 2 fully saturated rings. The van der Waals surface area contributed by atoms with E-state index in [-0.39, 0.29) is 31.2 Å². The van der Waals surface area contributed by atoms with Crippen LogP contribution in [0.4, 0.5) is 10.5 Å². The highest BCUT2D eigenvalue weighted by Gasteiger charge is 2.37. The lowest BCUT2D eigenvalue weighted by molar-refractivity contribution is -0.138. The number of nitrogens with one attached hydrogen (secondary N) is 1. The van der Waals surface area contributed by atoms with Crippen molar-refractivity contribution in [2.24, 2.45) is 0 Å². The second-order valence-corrected chi connectivity index (χ2v) is 6.75. The van der Waals surface area contributed by atoms with Gasteiger partial charge in [0.1, 0.15) is 12.6 Å². The van der Waals surface area contributed by atoms with Gasteiger partial charge in [-0.1, -0.05) is 0 Å². The molecule has 2 saturated heterocycles. The van der Waals surface area contributed by atoms with E-state index in [0.717, 1.165) is 6.42 Å². The van der Waals surface area contributed by atoms with Gasteiger partial charge in [-0.25, -0.2) is 4.79 Å². The summed E-state index contributed by atoms with van der Waals surface area (Å²) in [7, 11) is 1.57. The average molecular weight is 374 g/mol. The van der Waals surface area contributed by atoms with Crippen molar-refractivity contribution in [3.8, 4) is 11.5 Å². The monoisotopic (exact) mass is 374 g/mol. The number of amides is 4. The van der Waals surface area contributed by atoms with E-state index in [0.29, 0.717) is 43.2 Å². The summed E-state index contributed by atoms with van der Waals surface area (Å²) in [5.41, 5.74) is 0.712. The number of likely N-dealkylation sites (N-methyl/N-ethyl adjacent to an activating group) is 1. The highest BCUT2D eigenvalue weighted by Crippen LogP contribution is 2.36. The van der Waals surface area contributed by atoms with Crippen molar-refractivity contribution in [3.63, 3.8) is 0 Å². The van der Waals surface area contributed by atoms with E-state index in [1.165, 1.54) is 4.90 Å². The molecule has 9 nitrogen and oxygen atoms in total. The van der Waals surface area contributed by atoms with Crippen LogP contribution in [-0.4, -0.2) is 73.7 Å². The predicted molar refractivity (Wildman–Crippen MR) is 95.7 cm³/mol. The Morgan fingerprint density at radius 3 is 2.81 bits per heavy atom. The van der Waals surface area contributed by atoms with Crippen molar-refractivity contribution in [3.05, 3.63) is 18.2 Å². The maximum absolute atomic E-state index is 12.8. The average Bonchev–Trinajstić information content (AvgIpc) is 3.40. The molecule has 4 amide bonds. The van der Waals surface area contributed by atoms with Crippen molar-refractivity contribution in [2.75, 3.05) is 44.9 Å². The second-order valence-electron chi connectivity index (χ2n) is 6.75. The number of hydrogen-bond donors (Lipinski definition) is 1. The van der Waals surface area contributed by atoms with E-state index >= 15 is 0 Å². The number of fused-ring (bicyclic) bond motifs is 1. The van der Waals surface area contributed by atoms with Gasteiger partial charge in [-0.3, -0.25) is 14.5 Å². The van der Waals surface area contributed by atoms with Crippen LogP contribution < -0.4 is 19.7 Å². The number of rotatable bonds is 4. The highest BCUT2D eigenvalue weighted by molar-refractivity contribution is 5.97. The molecule has 3 aliphatic heterocycles. The van der Waals surface area contributed by atoms with Gasteiger partial charge in [0.2, 0.25) is 18.6 Å². The fourth-order valence-corrected chi connectivity index (χ4v) is 3.78. The first kappa shape index (κ1) is 17.4. The number of anilines is 1. The van der Waals surface area contributed by atoms with E-state index in [2.05, 4.69) is 5.32 Å². The third kappa shape index (κ3) is 3.13. The summed E-state index contributed by atoms with van der Waals surface area (Å²) in [6.45, 7) is 1.65. The summed E-state index contributed by atoms with van der Waals surface area (Å²) in [4.78, 5) is 42.1. The van der Waals surface area contributed by atoms with Crippen LogP contribution in [-0.2, 0) is 9.59 Å². The fraction of sp³-hybridized carbons (Fsp3) is 0.500. The number of benzene rings is 1. The molecule has 1 unspecified atom stereocenters. The van der Waals surface area contributed by atoms with Gasteiger partial charge in [-0.15, -0.1) is 0 Å². The van der Waals surface area contributed by atoms with Crippen LogP contribution in [0.15, 0.2) is 18.2 Å². The molecule has 3 aliphatic rings. The molecule has 27 heavy (non-hydrogen) atoms. The van der Waals surface area contributed by atoms with Gasteiger partial charge in [0.25, 0.3) is 0 Å². The van der Waals surface area contributed by atoms with E-state index in [1.54, 1.807) is 35.0 Å². The zero-order valence-corrected chi connectivity index (χ0v) is 15.1. The number of ether oxygens (including phenoxy) is 2. The van der Waals surface area contributed by atoms with Crippen LogP contribution in [0.3, 0.4) is 0 Å². The Bertz CT molecular complexity index is 783. The Morgan fingerprint density at radius 1 is 1.19 bits per heavy atom. The van der Waals surface area contributed by atoms with Crippen LogP contribution >= 0.6 is 0 Å². The molecule has 3 heterocycles. The molecule has 1 aromatic rings. The first-order valence-corrected chi connectivity index (χ1v) is 9.05. The Balaban J connectivity index is 1.42. The Morgan fingerprint density at radius 2 is 2.00 bits per heavy atom. The number of carbonyl (C=O) groups excluding carboxylic acids is 3. The van der Waals surface area contributed by atoms with E-state index in [9.17, 15) is 14.4 Å². The minimum atomic E-state index is -0.440. The molecular formula is C18H22N4O5. The zero-order valence-electron chi connectivity index (χ0n) is 15.1. The van der Waals surface area contributed by atoms with Gasteiger partial charge in [0, 0.05) is 38.4 Å². The Labute approximate surface area is 156 Å². The third-order valence-corrected chi connectivity index (χ3v) is 5.21. The van der Waals surface area contributed by atoms with Crippen LogP contribution in [0, 0.1) is 0 Å². The number of urea groups is 1. The summed E-state index contributed by atoms with van der Waals surface area (Å²) in [5, 5.41) is 2.60. The smallest absolute Gasteiger partial charge is 0.325 e. The Hall–Kier alpha value is -2.97. The van der Waals surface area contributed by atoms with Gasteiger partial charge < -0.3 is 24.6 Å². The zero-order chi connectivity index (χ0) is 19.0. The van der Waals surface area contributed by atoms with Gasteiger partial charge in [-0.05, 0) is 25.0 Å². The number of carbonyl (C=O) groups is 3. The summed E-state index contributed by atoms with van der Waals surface area (Å²) in [6, 6.07) is 4.69. The SMILES string of the molecule is CNC(=O)C1CCCN1C(=O)CN1CCN(c2ccc3c(c2)OCO3)C1=O. The molecule has 0 bridgehead atoms. The lowest BCUT2D eigenvalue weighted by Crippen LogP contribution is -2.48. The number of likely N-dealkylation sites (tertiary alicyclic amines) is 1. The molecule has 9 heteroatoms. The molecular weight excluding hydrogens is 352 g/mol. The minimum Gasteiger partial charge on any atom is -0.454 e. The topological polar surface area (TPSA) is 91.4 Å². The minimum absolute atomic E-state index is 0.0205. The van der Waals surface area contributed by atoms with Crippen molar-refractivity contribution >= 4 is 23.5 Å². The molecule has 0 saturated carbocycles. The molecule has 1 aromatic carbocycles. The van der Waals surface area contributed by atoms with E-state index in [1.807, 2.05) is 0 Å². The normalized spacial score (nSPS) is 21.1. The van der Waals surface area contributed by atoms with Crippen LogP contribution in [0.5, 0.6) is 11.5 Å². The van der Waals surface area contributed by atoms with Gasteiger partial charge in [0.05, 0.1) is 0 Å². The van der Waals surface area contributed by atoms with Crippen molar-refractivity contribution < 1.29 is 23.9 Å². The first-order chi connectivity index (χ1) is 13.1. The van der Waals surface area contributed by atoms with Gasteiger partial charge >= 0.3 is 6.03 Å². The largest absolute Gasteiger partial charge is 0.454 e. The maximum Gasteiger partial charge on any atom is 0.325 e. The molecule has 1 atom stereocenters. The van der Waals surface area contributed by atoms with Gasteiger partial charge in [0.15, 0.2) is 11.5 Å². The van der Waals surface area contributed by atoms with Crippen molar-refractivity contribution in [1.29, 1.82) is 0 Å². The summed E-state index contributed by atoms with van der Waals surface area (Å²) in [6.07, 6.45) is 1.45. The van der Waals surface area contributed by atoms with E-state index < -0.39 is 6.04 Å². The molecule has 144 valence electrons. The maximum atomic E-state index is 12.8. The number of nitrogens with zero attached hydrogens (tertiary/aromatic N) is 3. The van der Waals surface area contributed by atoms with Gasteiger partial charge in [-0.2, -0.15) is 0 Å². The lowest BCUT2D eigenvalue weighted by atomic mass is 10.2. The summed E-state index contributed by atoms with van der Waals surface area (Å²) >= 11 is 0.